The van der Waals surface area contributed by atoms with Crippen LogP contribution in [0.15, 0.2) is 50.8 Å². The molecule has 2 nitrogen and oxygen atoms in total. The molecular formula is C13H15NOS2. The first-order valence-electron chi connectivity index (χ1n) is 5.36. The first-order valence-corrected chi connectivity index (χ1v) is 7.57. The zero-order valence-electron chi connectivity index (χ0n) is 9.68. The Balaban J connectivity index is 2.14. The predicted octanol–water partition coefficient (Wildman–Crippen LogP) is 3.75. The van der Waals surface area contributed by atoms with E-state index >= 15 is 0 Å². The summed E-state index contributed by atoms with van der Waals surface area (Å²) >= 11 is 3.51. The van der Waals surface area contributed by atoms with Gasteiger partial charge in [-0.05, 0) is 36.1 Å². The highest BCUT2D eigenvalue weighted by atomic mass is 32.2. The van der Waals surface area contributed by atoms with Crippen molar-refractivity contribution >= 4 is 23.5 Å². The smallest absolute Gasteiger partial charge is 0.113 e. The summed E-state index contributed by atoms with van der Waals surface area (Å²) in [6.45, 7) is 0.581. The molecule has 0 radical (unpaired) electrons. The molecule has 0 atom stereocenters. The van der Waals surface area contributed by atoms with E-state index in [4.69, 9.17) is 10.2 Å². The summed E-state index contributed by atoms with van der Waals surface area (Å²) in [4.78, 5) is 2.51. The summed E-state index contributed by atoms with van der Waals surface area (Å²) in [5.74, 6) is 1.84. The molecule has 0 spiro atoms. The van der Waals surface area contributed by atoms with Crippen molar-refractivity contribution < 1.29 is 4.42 Å². The SMILES string of the molecule is CSc1cccc(SCc2ccco2)c1CN. The first-order chi connectivity index (χ1) is 8.35. The molecular weight excluding hydrogens is 250 g/mol. The van der Waals surface area contributed by atoms with Crippen LogP contribution in [0.5, 0.6) is 0 Å². The number of hydrogen-bond donors (Lipinski definition) is 1. The van der Waals surface area contributed by atoms with Crippen LogP contribution in [0.3, 0.4) is 0 Å². The number of thioether (sulfide) groups is 2. The summed E-state index contributed by atoms with van der Waals surface area (Å²) in [7, 11) is 0. The van der Waals surface area contributed by atoms with Gasteiger partial charge in [-0.1, -0.05) is 6.07 Å². The highest BCUT2D eigenvalue weighted by Crippen LogP contribution is 2.31. The number of benzene rings is 1. The van der Waals surface area contributed by atoms with Crippen LogP contribution in [-0.4, -0.2) is 6.26 Å². The number of rotatable bonds is 5. The van der Waals surface area contributed by atoms with Crippen molar-refractivity contribution in [3.8, 4) is 0 Å². The minimum Gasteiger partial charge on any atom is -0.468 e. The molecule has 2 rings (SSSR count). The van der Waals surface area contributed by atoms with Gasteiger partial charge in [0.2, 0.25) is 0 Å². The minimum absolute atomic E-state index is 0.581. The molecule has 0 fully saturated rings. The van der Waals surface area contributed by atoms with Gasteiger partial charge in [-0.15, -0.1) is 23.5 Å². The lowest BCUT2D eigenvalue weighted by atomic mass is 10.2. The fourth-order valence-corrected chi connectivity index (χ4v) is 3.34. The molecule has 1 aromatic carbocycles. The van der Waals surface area contributed by atoms with Crippen LogP contribution in [0.4, 0.5) is 0 Å². The Morgan fingerprint density at radius 1 is 1.18 bits per heavy atom. The van der Waals surface area contributed by atoms with E-state index in [1.165, 1.54) is 15.4 Å². The van der Waals surface area contributed by atoms with Gasteiger partial charge in [0.25, 0.3) is 0 Å². The molecule has 17 heavy (non-hydrogen) atoms. The molecule has 0 aliphatic rings. The Hall–Kier alpha value is -0.840. The van der Waals surface area contributed by atoms with Crippen molar-refractivity contribution in [1.82, 2.24) is 0 Å². The quantitative estimate of drug-likeness (QED) is 0.836. The number of nitrogens with two attached hydrogens (primary N) is 1. The van der Waals surface area contributed by atoms with Crippen molar-refractivity contribution in [2.24, 2.45) is 5.73 Å². The molecule has 1 heterocycles. The molecule has 0 amide bonds. The highest BCUT2D eigenvalue weighted by Gasteiger charge is 2.07. The van der Waals surface area contributed by atoms with Crippen molar-refractivity contribution in [2.75, 3.05) is 6.26 Å². The summed E-state index contributed by atoms with van der Waals surface area (Å²) in [5.41, 5.74) is 7.06. The van der Waals surface area contributed by atoms with Gasteiger partial charge in [0.1, 0.15) is 5.76 Å². The minimum atomic E-state index is 0.581. The van der Waals surface area contributed by atoms with Gasteiger partial charge < -0.3 is 10.2 Å². The third-order valence-electron chi connectivity index (χ3n) is 2.46. The molecule has 2 aromatic rings. The van der Waals surface area contributed by atoms with Crippen molar-refractivity contribution in [3.05, 3.63) is 47.9 Å². The van der Waals surface area contributed by atoms with Crippen LogP contribution in [0, 0.1) is 0 Å². The predicted molar refractivity (Wildman–Crippen MR) is 74.4 cm³/mol. The fourth-order valence-electron chi connectivity index (χ4n) is 1.62. The van der Waals surface area contributed by atoms with Crippen LogP contribution >= 0.6 is 23.5 Å². The molecule has 2 N–H and O–H groups in total. The summed E-state index contributed by atoms with van der Waals surface area (Å²) in [5, 5.41) is 0. The van der Waals surface area contributed by atoms with Gasteiger partial charge in [-0.25, -0.2) is 0 Å². The lowest BCUT2D eigenvalue weighted by Gasteiger charge is -2.10. The normalized spacial score (nSPS) is 10.7. The van der Waals surface area contributed by atoms with E-state index in [2.05, 4.69) is 24.5 Å². The summed E-state index contributed by atoms with van der Waals surface area (Å²) in [6.07, 6.45) is 3.79. The van der Waals surface area contributed by atoms with Crippen molar-refractivity contribution in [1.29, 1.82) is 0 Å². The Morgan fingerprint density at radius 3 is 2.65 bits per heavy atom. The average Bonchev–Trinajstić information content (AvgIpc) is 2.88. The van der Waals surface area contributed by atoms with Crippen LogP contribution in [0.25, 0.3) is 0 Å². The standard InChI is InChI=1S/C13H15NOS2/c1-16-12-5-2-6-13(11(12)8-14)17-9-10-4-3-7-15-10/h2-7H,8-9,14H2,1H3. The number of furan rings is 1. The Kier molecular flexibility index (Phi) is 4.59. The van der Waals surface area contributed by atoms with Crippen molar-refractivity contribution in [3.63, 3.8) is 0 Å². The van der Waals surface area contributed by atoms with Gasteiger partial charge in [-0.2, -0.15) is 0 Å². The van der Waals surface area contributed by atoms with E-state index in [-0.39, 0.29) is 0 Å². The Labute approximate surface area is 110 Å². The maximum Gasteiger partial charge on any atom is 0.113 e. The van der Waals surface area contributed by atoms with E-state index in [0.29, 0.717) is 6.54 Å². The number of hydrogen-bond acceptors (Lipinski definition) is 4. The second kappa shape index (κ2) is 6.19. The molecule has 0 aliphatic carbocycles. The van der Waals surface area contributed by atoms with Crippen LogP contribution in [0.2, 0.25) is 0 Å². The second-order valence-corrected chi connectivity index (χ2v) is 5.37. The topological polar surface area (TPSA) is 39.2 Å². The largest absolute Gasteiger partial charge is 0.468 e. The molecule has 0 saturated carbocycles. The molecule has 0 aliphatic heterocycles. The molecule has 0 saturated heterocycles. The van der Waals surface area contributed by atoms with E-state index < -0.39 is 0 Å². The zero-order chi connectivity index (χ0) is 12.1. The van der Waals surface area contributed by atoms with Gasteiger partial charge in [0.05, 0.1) is 12.0 Å². The van der Waals surface area contributed by atoms with E-state index in [0.717, 1.165) is 11.5 Å². The van der Waals surface area contributed by atoms with Gasteiger partial charge >= 0.3 is 0 Å². The monoisotopic (exact) mass is 265 g/mol. The lowest BCUT2D eigenvalue weighted by Crippen LogP contribution is -2.00. The van der Waals surface area contributed by atoms with E-state index in [9.17, 15) is 0 Å². The highest BCUT2D eigenvalue weighted by molar-refractivity contribution is 7.99. The van der Waals surface area contributed by atoms with Gasteiger partial charge in [-0.3, -0.25) is 0 Å². The van der Waals surface area contributed by atoms with Crippen LogP contribution < -0.4 is 5.73 Å². The molecule has 0 bridgehead atoms. The van der Waals surface area contributed by atoms with E-state index in [1.807, 2.05) is 12.1 Å². The maximum atomic E-state index is 5.83. The molecule has 90 valence electrons. The third kappa shape index (κ3) is 3.09. The summed E-state index contributed by atoms with van der Waals surface area (Å²) < 4.78 is 5.33. The Bertz CT molecular complexity index is 468. The van der Waals surface area contributed by atoms with Crippen molar-refractivity contribution in [2.45, 2.75) is 22.1 Å². The first kappa shape index (κ1) is 12.6. The maximum absolute atomic E-state index is 5.83. The second-order valence-electron chi connectivity index (χ2n) is 3.51. The zero-order valence-corrected chi connectivity index (χ0v) is 11.3. The van der Waals surface area contributed by atoms with Crippen LogP contribution in [-0.2, 0) is 12.3 Å². The van der Waals surface area contributed by atoms with Gasteiger partial charge in [0.15, 0.2) is 0 Å². The lowest BCUT2D eigenvalue weighted by molar-refractivity contribution is 0.530. The van der Waals surface area contributed by atoms with Crippen LogP contribution in [0.1, 0.15) is 11.3 Å². The summed E-state index contributed by atoms with van der Waals surface area (Å²) in [6, 6.07) is 10.2. The van der Waals surface area contributed by atoms with E-state index in [1.54, 1.807) is 29.8 Å². The molecule has 1 aromatic heterocycles. The fraction of sp³-hybridized carbons (Fsp3) is 0.231. The molecule has 0 unspecified atom stereocenters. The Morgan fingerprint density at radius 2 is 2.00 bits per heavy atom. The third-order valence-corrected chi connectivity index (χ3v) is 4.41. The average molecular weight is 265 g/mol. The van der Waals surface area contributed by atoms with Gasteiger partial charge in [0, 0.05) is 16.3 Å². The molecule has 4 heteroatoms.